The molecule has 0 aromatic heterocycles. The maximum absolute atomic E-state index is 11.1. The molecule has 0 saturated carbocycles. The highest BCUT2D eigenvalue weighted by Crippen LogP contribution is 2.08. The molecule has 0 radical (unpaired) electrons. The van der Waals surface area contributed by atoms with Gasteiger partial charge in [-0.2, -0.15) is 0 Å². The highest BCUT2D eigenvalue weighted by atomic mass is 16.5. The largest absolute Gasteiger partial charge is 0.466 e. The first-order valence-corrected chi connectivity index (χ1v) is 7.30. The molecule has 0 aliphatic heterocycles. The topological polar surface area (TPSA) is 60.4 Å². The smallest absolute Gasteiger partial charge is 0.302 e. The minimum atomic E-state index is -0.211. The van der Waals surface area contributed by atoms with E-state index in [1.165, 1.54) is 20.8 Å². The van der Waals surface area contributed by atoms with E-state index in [9.17, 15) is 14.4 Å². The van der Waals surface area contributed by atoms with Gasteiger partial charge in [-0.1, -0.05) is 44.2 Å². The molecule has 0 amide bonds. The van der Waals surface area contributed by atoms with Crippen LogP contribution in [-0.4, -0.2) is 24.1 Å². The summed E-state index contributed by atoms with van der Waals surface area (Å²) in [6.45, 7) is 10.5. The van der Waals surface area contributed by atoms with E-state index >= 15 is 0 Å². The molecule has 0 bridgehead atoms. The average Bonchev–Trinajstić information content (AvgIpc) is 2.48. The van der Waals surface area contributed by atoms with Crippen molar-refractivity contribution in [2.24, 2.45) is 0 Å². The van der Waals surface area contributed by atoms with Crippen molar-refractivity contribution >= 4 is 23.6 Å². The van der Waals surface area contributed by atoms with E-state index in [-0.39, 0.29) is 23.1 Å². The number of hydrogen-bond acceptors (Lipinski definition) is 4. The maximum Gasteiger partial charge on any atom is 0.302 e. The van der Waals surface area contributed by atoms with E-state index in [0.29, 0.717) is 6.61 Å². The Balaban J connectivity index is 0. The zero-order valence-electron chi connectivity index (χ0n) is 14.3. The molecule has 0 fully saturated rings. The van der Waals surface area contributed by atoms with E-state index in [0.717, 1.165) is 5.56 Å². The van der Waals surface area contributed by atoms with E-state index < -0.39 is 0 Å². The van der Waals surface area contributed by atoms with Gasteiger partial charge in [0.05, 0.1) is 12.2 Å². The molecule has 0 spiro atoms. The van der Waals surface area contributed by atoms with Crippen molar-refractivity contribution < 1.29 is 19.1 Å². The van der Waals surface area contributed by atoms with Crippen molar-refractivity contribution in [2.75, 3.05) is 6.61 Å². The van der Waals surface area contributed by atoms with Crippen LogP contribution in [0.25, 0.3) is 6.08 Å². The Kier molecular flexibility index (Phi) is 13.8. The van der Waals surface area contributed by atoms with Crippen molar-refractivity contribution in [3.05, 3.63) is 41.5 Å². The van der Waals surface area contributed by atoms with Gasteiger partial charge in [0.1, 0.15) is 0 Å². The van der Waals surface area contributed by atoms with Crippen LogP contribution in [0, 0.1) is 0 Å². The molecule has 0 aliphatic carbocycles. The number of rotatable bonds is 4. The third-order valence-corrected chi connectivity index (χ3v) is 2.22. The lowest BCUT2D eigenvalue weighted by atomic mass is 10.1. The second-order valence-corrected chi connectivity index (χ2v) is 4.01. The summed E-state index contributed by atoms with van der Waals surface area (Å²) in [6, 6.07) is 9.32. The summed E-state index contributed by atoms with van der Waals surface area (Å²) >= 11 is 0. The Labute approximate surface area is 133 Å². The van der Waals surface area contributed by atoms with Crippen LogP contribution in [0.4, 0.5) is 0 Å². The first-order chi connectivity index (χ1) is 10.4. The van der Waals surface area contributed by atoms with Gasteiger partial charge in [0.2, 0.25) is 0 Å². The van der Waals surface area contributed by atoms with E-state index in [1.807, 2.05) is 44.2 Å². The molecule has 0 heterocycles. The lowest BCUT2D eigenvalue weighted by Crippen LogP contribution is -2.05. The summed E-state index contributed by atoms with van der Waals surface area (Å²) in [5.41, 5.74) is 1.11. The van der Waals surface area contributed by atoms with Gasteiger partial charge < -0.3 is 4.74 Å². The van der Waals surface area contributed by atoms with Crippen molar-refractivity contribution in [2.45, 2.75) is 41.5 Å². The Hall–Kier alpha value is -2.23. The Morgan fingerprint density at radius 1 is 0.955 bits per heavy atom. The van der Waals surface area contributed by atoms with Crippen LogP contribution in [0.15, 0.2) is 35.9 Å². The van der Waals surface area contributed by atoms with Gasteiger partial charge in [-0.05, 0) is 32.4 Å². The summed E-state index contributed by atoms with van der Waals surface area (Å²) in [7, 11) is 0. The molecule has 4 nitrogen and oxygen atoms in total. The third kappa shape index (κ3) is 11.6. The Morgan fingerprint density at radius 2 is 1.41 bits per heavy atom. The number of hydrogen-bond donors (Lipinski definition) is 0. The molecule has 22 heavy (non-hydrogen) atoms. The molecule has 1 aromatic carbocycles. The third-order valence-electron chi connectivity index (χ3n) is 2.22. The first kappa shape index (κ1) is 22.1. The normalized spacial score (nSPS) is 8.27. The molecule has 1 rings (SSSR count). The zero-order chi connectivity index (χ0) is 17.5. The summed E-state index contributed by atoms with van der Waals surface area (Å²) in [6.07, 6.45) is 1.62. The van der Waals surface area contributed by atoms with Gasteiger partial charge in [0, 0.05) is 6.92 Å². The van der Waals surface area contributed by atoms with Gasteiger partial charge in [-0.3, -0.25) is 14.4 Å². The highest BCUT2D eigenvalue weighted by molar-refractivity contribution is 6.21. The number of benzene rings is 1. The number of carbonyl (C=O) groups excluding carboxylic acids is 3. The molecule has 0 atom stereocenters. The number of esters is 1. The highest BCUT2D eigenvalue weighted by Gasteiger charge is 2.08. The molecule has 0 saturated heterocycles. The maximum atomic E-state index is 11.1. The average molecular weight is 306 g/mol. The second kappa shape index (κ2) is 13.7. The number of carbonyl (C=O) groups is 3. The Morgan fingerprint density at radius 3 is 1.68 bits per heavy atom. The fraction of sp³-hybridized carbons (Fsp3) is 0.389. The number of allylic oxidation sites excluding steroid dienone is 1. The van der Waals surface area contributed by atoms with Gasteiger partial charge in [0.25, 0.3) is 0 Å². The summed E-state index contributed by atoms with van der Waals surface area (Å²) < 4.78 is 4.40. The second-order valence-electron chi connectivity index (χ2n) is 4.01. The minimum Gasteiger partial charge on any atom is -0.466 e. The lowest BCUT2D eigenvalue weighted by molar-refractivity contribution is -0.140. The standard InChI is InChI=1S/C12H12O2.C4H8O2.C2H6/c1-9(13)12(10(2)14)8-11-6-4-3-5-7-11;1-3-6-4(2)5;1-2/h3-8H,1-2H3;3H2,1-2H3;1-2H3. The molecule has 1 aromatic rings. The molecule has 0 N–H and O–H groups in total. The van der Waals surface area contributed by atoms with Crippen molar-refractivity contribution in [1.82, 2.24) is 0 Å². The fourth-order valence-electron chi connectivity index (χ4n) is 1.37. The van der Waals surface area contributed by atoms with E-state index in [2.05, 4.69) is 4.74 Å². The number of ether oxygens (including phenoxy) is 1. The van der Waals surface area contributed by atoms with Crippen molar-refractivity contribution in [3.8, 4) is 0 Å². The van der Waals surface area contributed by atoms with Gasteiger partial charge >= 0.3 is 5.97 Å². The van der Waals surface area contributed by atoms with Gasteiger partial charge in [0.15, 0.2) is 11.6 Å². The predicted molar refractivity (Wildman–Crippen MR) is 89.4 cm³/mol. The lowest BCUT2D eigenvalue weighted by Gasteiger charge is -1.98. The number of Topliss-reactive ketones (excluding diaryl/α,β-unsaturated/α-hetero) is 2. The first-order valence-electron chi connectivity index (χ1n) is 7.30. The summed E-state index contributed by atoms with van der Waals surface area (Å²) in [4.78, 5) is 32.0. The van der Waals surface area contributed by atoms with Crippen LogP contribution in [-0.2, 0) is 19.1 Å². The fourth-order valence-corrected chi connectivity index (χ4v) is 1.37. The monoisotopic (exact) mass is 306 g/mol. The van der Waals surface area contributed by atoms with Gasteiger partial charge in [-0.25, -0.2) is 0 Å². The summed E-state index contributed by atoms with van der Waals surface area (Å²) in [5.74, 6) is -0.597. The van der Waals surface area contributed by atoms with Crippen LogP contribution >= 0.6 is 0 Å². The molecule has 4 heteroatoms. The van der Waals surface area contributed by atoms with Crippen molar-refractivity contribution in [3.63, 3.8) is 0 Å². The minimum absolute atomic E-state index is 0.193. The van der Waals surface area contributed by atoms with Gasteiger partial charge in [-0.15, -0.1) is 0 Å². The van der Waals surface area contributed by atoms with E-state index in [1.54, 1.807) is 13.0 Å². The molecular weight excluding hydrogens is 280 g/mol. The van der Waals surface area contributed by atoms with Crippen molar-refractivity contribution in [1.29, 1.82) is 0 Å². The van der Waals surface area contributed by atoms with E-state index in [4.69, 9.17) is 0 Å². The predicted octanol–water partition coefficient (Wildman–Crippen LogP) is 3.84. The van der Waals surface area contributed by atoms with Crippen LogP contribution in [0.1, 0.15) is 47.1 Å². The molecule has 0 unspecified atom stereocenters. The van der Waals surface area contributed by atoms with Crippen LogP contribution < -0.4 is 0 Å². The number of ketones is 2. The summed E-state index contributed by atoms with van der Waals surface area (Å²) in [5, 5.41) is 0. The molecule has 122 valence electrons. The zero-order valence-corrected chi connectivity index (χ0v) is 14.3. The SMILES string of the molecule is CC.CC(=O)C(=Cc1ccccc1)C(C)=O.CCOC(C)=O. The molecular formula is C18H26O4. The Bertz CT molecular complexity index is 471. The van der Waals surface area contributed by atoms with Crippen LogP contribution in [0.2, 0.25) is 0 Å². The molecule has 0 aliphatic rings. The van der Waals surface area contributed by atoms with Crippen LogP contribution in [0.3, 0.4) is 0 Å². The van der Waals surface area contributed by atoms with Crippen LogP contribution in [0.5, 0.6) is 0 Å². The quantitative estimate of drug-likeness (QED) is 0.367.